The molecule has 1 amide bonds. The third-order valence-electron chi connectivity index (χ3n) is 3.16. The number of ether oxygens (including phenoxy) is 2. The minimum atomic E-state index is -0.597. The van der Waals surface area contributed by atoms with Crippen molar-refractivity contribution in [3.8, 4) is 5.75 Å². The first-order chi connectivity index (χ1) is 11.4. The van der Waals surface area contributed by atoms with Gasteiger partial charge in [0.1, 0.15) is 5.75 Å². The molecule has 2 rings (SSSR count). The van der Waals surface area contributed by atoms with Crippen molar-refractivity contribution in [3.63, 3.8) is 0 Å². The van der Waals surface area contributed by atoms with Gasteiger partial charge in [0, 0.05) is 10.2 Å². The fraction of sp³-hybridized carbons (Fsp3) is 0.222. The molecular formula is C18H18BrNO4. The molecule has 0 spiro atoms. The lowest BCUT2D eigenvalue weighted by Gasteiger charge is -2.10. The maximum absolute atomic E-state index is 11.8. The summed E-state index contributed by atoms with van der Waals surface area (Å²) in [6, 6.07) is 12.9. The smallest absolute Gasteiger partial charge is 0.344 e. The van der Waals surface area contributed by atoms with Crippen LogP contribution in [0.5, 0.6) is 5.75 Å². The summed E-state index contributed by atoms with van der Waals surface area (Å²) in [6.07, 6.45) is 0. The molecule has 0 heterocycles. The molecule has 126 valence electrons. The van der Waals surface area contributed by atoms with Gasteiger partial charge in [0.25, 0.3) is 5.91 Å². The van der Waals surface area contributed by atoms with Crippen molar-refractivity contribution >= 4 is 33.5 Å². The Morgan fingerprint density at radius 1 is 1.08 bits per heavy atom. The molecule has 2 aromatic carbocycles. The van der Waals surface area contributed by atoms with Gasteiger partial charge in [-0.25, -0.2) is 4.79 Å². The predicted molar refractivity (Wildman–Crippen MR) is 95.1 cm³/mol. The average Bonchev–Trinajstić information content (AvgIpc) is 2.54. The van der Waals surface area contributed by atoms with Crippen molar-refractivity contribution in [2.24, 2.45) is 0 Å². The van der Waals surface area contributed by atoms with Crippen LogP contribution in [-0.2, 0) is 14.3 Å². The minimum Gasteiger partial charge on any atom is -0.482 e. The maximum atomic E-state index is 11.8. The SMILES string of the molecule is Cc1ccc(C)c(OCC(=O)OCC(=O)Nc2cccc(Br)c2)c1. The molecule has 0 radical (unpaired) electrons. The monoisotopic (exact) mass is 391 g/mol. The van der Waals surface area contributed by atoms with Gasteiger partial charge in [0.2, 0.25) is 0 Å². The Bertz CT molecular complexity index is 746. The molecule has 0 aromatic heterocycles. The Kier molecular flexibility index (Phi) is 6.37. The maximum Gasteiger partial charge on any atom is 0.344 e. The molecule has 0 aliphatic carbocycles. The van der Waals surface area contributed by atoms with Crippen molar-refractivity contribution in [2.45, 2.75) is 13.8 Å². The summed E-state index contributed by atoms with van der Waals surface area (Å²) in [5.74, 6) is -0.376. The molecule has 0 saturated heterocycles. The zero-order valence-corrected chi connectivity index (χ0v) is 15.1. The van der Waals surface area contributed by atoms with Gasteiger partial charge >= 0.3 is 5.97 Å². The first kappa shape index (κ1) is 18.0. The number of carbonyl (C=O) groups excluding carboxylic acids is 2. The van der Waals surface area contributed by atoms with Crippen LogP contribution in [0.4, 0.5) is 5.69 Å². The van der Waals surface area contributed by atoms with Gasteiger partial charge in [0.15, 0.2) is 13.2 Å². The van der Waals surface area contributed by atoms with Crippen LogP contribution in [0, 0.1) is 13.8 Å². The Morgan fingerprint density at radius 2 is 1.88 bits per heavy atom. The fourth-order valence-corrected chi connectivity index (χ4v) is 2.35. The molecule has 1 N–H and O–H groups in total. The molecule has 0 aliphatic rings. The molecule has 2 aromatic rings. The molecule has 5 nitrogen and oxygen atoms in total. The largest absolute Gasteiger partial charge is 0.482 e. The minimum absolute atomic E-state index is 0.242. The van der Waals surface area contributed by atoms with Crippen LogP contribution in [0.2, 0.25) is 0 Å². The summed E-state index contributed by atoms with van der Waals surface area (Å²) in [5, 5.41) is 2.64. The average molecular weight is 392 g/mol. The highest BCUT2D eigenvalue weighted by Crippen LogP contribution is 2.19. The number of rotatable bonds is 6. The Balaban J connectivity index is 1.76. The van der Waals surface area contributed by atoms with Gasteiger partial charge in [-0.05, 0) is 49.2 Å². The molecule has 6 heteroatoms. The second-order valence-electron chi connectivity index (χ2n) is 5.28. The lowest BCUT2D eigenvalue weighted by Crippen LogP contribution is -2.23. The van der Waals surface area contributed by atoms with Crippen LogP contribution in [0.3, 0.4) is 0 Å². The third kappa shape index (κ3) is 5.70. The van der Waals surface area contributed by atoms with Gasteiger partial charge < -0.3 is 14.8 Å². The lowest BCUT2D eigenvalue weighted by molar-refractivity contribution is -0.149. The van der Waals surface area contributed by atoms with E-state index in [9.17, 15) is 9.59 Å². The van der Waals surface area contributed by atoms with E-state index >= 15 is 0 Å². The first-order valence-electron chi connectivity index (χ1n) is 7.35. The highest BCUT2D eigenvalue weighted by Gasteiger charge is 2.10. The highest BCUT2D eigenvalue weighted by molar-refractivity contribution is 9.10. The van der Waals surface area contributed by atoms with Crippen LogP contribution < -0.4 is 10.1 Å². The van der Waals surface area contributed by atoms with Gasteiger partial charge in [-0.2, -0.15) is 0 Å². The number of esters is 1. The number of carbonyl (C=O) groups is 2. The van der Waals surface area contributed by atoms with E-state index in [1.807, 2.05) is 38.1 Å². The van der Waals surface area contributed by atoms with Crippen LogP contribution in [-0.4, -0.2) is 25.1 Å². The predicted octanol–water partition coefficient (Wildman–Crippen LogP) is 3.63. The van der Waals surface area contributed by atoms with E-state index in [1.54, 1.807) is 18.2 Å². The Morgan fingerprint density at radius 3 is 2.62 bits per heavy atom. The molecule has 24 heavy (non-hydrogen) atoms. The normalized spacial score (nSPS) is 10.1. The fourth-order valence-electron chi connectivity index (χ4n) is 1.95. The summed E-state index contributed by atoms with van der Waals surface area (Å²) in [7, 11) is 0. The summed E-state index contributed by atoms with van der Waals surface area (Å²) in [4.78, 5) is 23.4. The van der Waals surface area contributed by atoms with Crippen molar-refractivity contribution in [2.75, 3.05) is 18.5 Å². The van der Waals surface area contributed by atoms with Gasteiger partial charge in [-0.3, -0.25) is 4.79 Å². The van der Waals surface area contributed by atoms with E-state index in [0.717, 1.165) is 15.6 Å². The summed E-state index contributed by atoms with van der Waals surface area (Å²) >= 11 is 3.31. The van der Waals surface area contributed by atoms with Crippen molar-refractivity contribution in [1.29, 1.82) is 0 Å². The summed E-state index contributed by atoms with van der Waals surface area (Å²) in [6.45, 7) is 3.23. The quantitative estimate of drug-likeness (QED) is 0.763. The molecule has 0 aliphatic heterocycles. The van der Waals surface area contributed by atoms with E-state index in [4.69, 9.17) is 9.47 Å². The molecule has 0 unspecified atom stereocenters. The molecule has 0 atom stereocenters. The Hall–Kier alpha value is -2.34. The number of nitrogens with one attached hydrogen (secondary N) is 1. The van der Waals surface area contributed by atoms with E-state index in [1.165, 1.54) is 0 Å². The molecular weight excluding hydrogens is 374 g/mol. The summed E-state index contributed by atoms with van der Waals surface area (Å²) in [5.41, 5.74) is 2.59. The van der Waals surface area contributed by atoms with E-state index < -0.39 is 11.9 Å². The van der Waals surface area contributed by atoms with E-state index in [2.05, 4.69) is 21.2 Å². The zero-order valence-electron chi connectivity index (χ0n) is 13.5. The van der Waals surface area contributed by atoms with Crippen LogP contribution >= 0.6 is 15.9 Å². The molecule has 0 saturated carbocycles. The number of amides is 1. The number of aryl methyl sites for hydroxylation is 2. The van der Waals surface area contributed by atoms with Crippen molar-refractivity contribution in [1.82, 2.24) is 0 Å². The number of benzene rings is 2. The first-order valence-corrected chi connectivity index (χ1v) is 8.14. The van der Waals surface area contributed by atoms with Gasteiger partial charge in [0.05, 0.1) is 0 Å². The van der Waals surface area contributed by atoms with Crippen molar-refractivity contribution in [3.05, 3.63) is 58.1 Å². The number of anilines is 1. The van der Waals surface area contributed by atoms with Crippen molar-refractivity contribution < 1.29 is 19.1 Å². The van der Waals surface area contributed by atoms with Gasteiger partial charge in [-0.15, -0.1) is 0 Å². The molecule has 0 fully saturated rings. The lowest BCUT2D eigenvalue weighted by atomic mass is 10.1. The Labute approximate surface area is 149 Å². The second kappa shape index (κ2) is 8.49. The van der Waals surface area contributed by atoms with Crippen LogP contribution in [0.25, 0.3) is 0 Å². The zero-order chi connectivity index (χ0) is 17.5. The van der Waals surface area contributed by atoms with E-state index in [-0.39, 0.29) is 13.2 Å². The number of halogens is 1. The number of hydrogen-bond acceptors (Lipinski definition) is 4. The highest BCUT2D eigenvalue weighted by atomic mass is 79.9. The topological polar surface area (TPSA) is 64.6 Å². The number of hydrogen-bond donors (Lipinski definition) is 1. The molecule has 0 bridgehead atoms. The van der Waals surface area contributed by atoms with E-state index in [0.29, 0.717) is 11.4 Å². The second-order valence-corrected chi connectivity index (χ2v) is 6.19. The van der Waals surface area contributed by atoms with Gasteiger partial charge in [-0.1, -0.05) is 34.1 Å². The van der Waals surface area contributed by atoms with Crippen LogP contribution in [0.1, 0.15) is 11.1 Å². The summed E-state index contributed by atoms with van der Waals surface area (Å²) < 4.78 is 11.2. The standard InChI is InChI=1S/C18H18BrNO4/c1-12-6-7-13(2)16(8-12)23-11-18(22)24-10-17(21)20-15-5-3-4-14(19)9-15/h3-9H,10-11H2,1-2H3,(H,20,21). The third-order valence-corrected chi connectivity index (χ3v) is 3.66. The van der Waals surface area contributed by atoms with Crippen LogP contribution in [0.15, 0.2) is 46.9 Å².